The zero-order chi connectivity index (χ0) is 9.26. The summed E-state index contributed by atoms with van der Waals surface area (Å²) in [6.07, 6.45) is 2.13. The Bertz CT molecular complexity index is 287. The van der Waals surface area contributed by atoms with Crippen molar-refractivity contribution in [2.75, 3.05) is 13.2 Å². The smallest absolute Gasteiger partial charge is 0.103 e. The Kier molecular flexibility index (Phi) is 2.28. The van der Waals surface area contributed by atoms with Gasteiger partial charge < -0.3 is 9.84 Å². The molecule has 72 valence electrons. The minimum atomic E-state index is -0.366. The summed E-state index contributed by atoms with van der Waals surface area (Å²) in [6.45, 7) is 3.02. The number of nitrogens with zero attached hydrogens (tertiary/aromatic N) is 3. The lowest BCUT2D eigenvalue weighted by Gasteiger charge is -2.27. The summed E-state index contributed by atoms with van der Waals surface area (Å²) < 4.78 is 6.95. The van der Waals surface area contributed by atoms with E-state index in [0.717, 1.165) is 5.69 Å². The molecule has 1 aromatic heterocycles. The second kappa shape index (κ2) is 3.43. The van der Waals surface area contributed by atoms with Gasteiger partial charge >= 0.3 is 0 Å². The first-order valence-corrected chi connectivity index (χ1v) is 4.41. The van der Waals surface area contributed by atoms with Crippen LogP contribution in [-0.2, 0) is 4.74 Å². The molecule has 1 saturated heterocycles. The Morgan fingerprint density at radius 2 is 2.54 bits per heavy atom. The van der Waals surface area contributed by atoms with Gasteiger partial charge in [0.1, 0.15) is 6.04 Å². The molecule has 2 atom stereocenters. The molecule has 1 N–H and O–H groups in total. The number of ether oxygens (including phenoxy) is 1. The molecule has 1 aromatic rings. The molecule has 2 heterocycles. The zero-order valence-electron chi connectivity index (χ0n) is 7.55. The number of rotatable bonds is 1. The van der Waals surface area contributed by atoms with Crippen LogP contribution in [0.5, 0.6) is 0 Å². The van der Waals surface area contributed by atoms with Gasteiger partial charge in [0.25, 0.3) is 0 Å². The third-order valence-electron chi connectivity index (χ3n) is 2.26. The number of aliphatic hydroxyl groups excluding tert-OH is 1. The number of hydrogen-bond acceptors (Lipinski definition) is 4. The minimum absolute atomic E-state index is 0.0741. The second-order valence-corrected chi connectivity index (χ2v) is 3.34. The van der Waals surface area contributed by atoms with Crippen LogP contribution in [0.25, 0.3) is 0 Å². The third-order valence-corrected chi connectivity index (χ3v) is 2.26. The molecule has 1 aliphatic heterocycles. The predicted octanol–water partition coefficient (Wildman–Crippen LogP) is -0.0912. The van der Waals surface area contributed by atoms with Crippen LogP contribution in [0, 0.1) is 6.92 Å². The maximum Gasteiger partial charge on any atom is 0.103 e. The zero-order valence-corrected chi connectivity index (χ0v) is 7.55. The Hall–Kier alpha value is -0.940. The molecule has 5 heteroatoms. The van der Waals surface area contributed by atoms with Crippen molar-refractivity contribution in [3.8, 4) is 0 Å². The molecule has 2 rings (SSSR count). The van der Waals surface area contributed by atoms with Crippen molar-refractivity contribution in [1.82, 2.24) is 15.0 Å². The highest BCUT2D eigenvalue weighted by molar-refractivity contribution is 4.90. The van der Waals surface area contributed by atoms with Crippen LogP contribution < -0.4 is 0 Å². The Balaban J connectivity index is 2.14. The normalized spacial score (nSPS) is 29.1. The van der Waals surface area contributed by atoms with E-state index in [-0.39, 0.29) is 12.1 Å². The van der Waals surface area contributed by atoms with Crippen LogP contribution >= 0.6 is 0 Å². The van der Waals surface area contributed by atoms with Gasteiger partial charge in [-0.15, -0.1) is 5.10 Å². The van der Waals surface area contributed by atoms with E-state index in [1.54, 1.807) is 4.68 Å². The summed E-state index contributed by atoms with van der Waals surface area (Å²) in [6, 6.07) is -0.0741. The van der Waals surface area contributed by atoms with Crippen molar-refractivity contribution >= 4 is 0 Å². The Morgan fingerprint density at radius 3 is 3.15 bits per heavy atom. The van der Waals surface area contributed by atoms with E-state index in [0.29, 0.717) is 19.6 Å². The highest BCUT2D eigenvalue weighted by atomic mass is 16.5. The minimum Gasteiger partial charge on any atom is -0.391 e. The fraction of sp³-hybridized carbons (Fsp3) is 0.750. The fourth-order valence-electron chi connectivity index (χ4n) is 1.49. The van der Waals surface area contributed by atoms with Crippen LogP contribution in [0.3, 0.4) is 0 Å². The molecule has 0 radical (unpaired) electrons. The molecule has 5 nitrogen and oxygen atoms in total. The Morgan fingerprint density at radius 1 is 1.69 bits per heavy atom. The van der Waals surface area contributed by atoms with Gasteiger partial charge in [-0.2, -0.15) is 0 Å². The highest BCUT2D eigenvalue weighted by Gasteiger charge is 2.25. The van der Waals surface area contributed by atoms with E-state index < -0.39 is 0 Å². The van der Waals surface area contributed by atoms with E-state index in [9.17, 15) is 5.11 Å². The van der Waals surface area contributed by atoms with Crippen LogP contribution in [0.1, 0.15) is 18.2 Å². The maximum absolute atomic E-state index is 9.66. The lowest BCUT2D eigenvalue weighted by atomic mass is 10.1. The topological polar surface area (TPSA) is 60.2 Å². The lowest BCUT2D eigenvalue weighted by Crippen LogP contribution is -2.34. The van der Waals surface area contributed by atoms with Crippen molar-refractivity contribution in [1.29, 1.82) is 0 Å². The predicted molar refractivity (Wildman–Crippen MR) is 45.2 cm³/mol. The van der Waals surface area contributed by atoms with E-state index in [1.807, 2.05) is 13.1 Å². The first-order valence-electron chi connectivity index (χ1n) is 4.41. The highest BCUT2D eigenvalue weighted by Crippen LogP contribution is 2.18. The Labute approximate surface area is 76.3 Å². The molecule has 0 aromatic carbocycles. The van der Waals surface area contributed by atoms with Crippen molar-refractivity contribution in [3.05, 3.63) is 11.9 Å². The summed E-state index contributed by atoms with van der Waals surface area (Å²) in [5, 5.41) is 17.5. The molecule has 1 unspecified atom stereocenters. The summed E-state index contributed by atoms with van der Waals surface area (Å²) in [5.41, 5.74) is 0.859. The largest absolute Gasteiger partial charge is 0.391 e. The van der Waals surface area contributed by atoms with Gasteiger partial charge in [-0.05, 0) is 13.3 Å². The molecule has 13 heavy (non-hydrogen) atoms. The molecule has 1 fully saturated rings. The molecular formula is C8H13N3O2. The summed E-state index contributed by atoms with van der Waals surface area (Å²) in [7, 11) is 0. The number of aryl methyl sites for hydroxylation is 1. The number of hydrogen-bond donors (Lipinski definition) is 1. The average Bonchev–Trinajstić information content (AvgIpc) is 2.53. The van der Waals surface area contributed by atoms with Crippen molar-refractivity contribution in [2.24, 2.45) is 0 Å². The number of aliphatic hydroxyl groups is 1. The quantitative estimate of drug-likeness (QED) is 0.661. The van der Waals surface area contributed by atoms with Crippen molar-refractivity contribution < 1.29 is 9.84 Å². The molecule has 1 aliphatic rings. The van der Waals surface area contributed by atoms with E-state index in [1.165, 1.54) is 0 Å². The van der Waals surface area contributed by atoms with E-state index >= 15 is 0 Å². The third kappa shape index (κ3) is 1.71. The summed E-state index contributed by atoms with van der Waals surface area (Å²) in [5.74, 6) is 0. The summed E-state index contributed by atoms with van der Waals surface area (Å²) >= 11 is 0. The van der Waals surface area contributed by atoms with Gasteiger partial charge in [0.05, 0.1) is 18.4 Å². The van der Waals surface area contributed by atoms with Gasteiger partial charge in [0.15, 0.2) is 0 Å². The molecular weight excluding hydrogens is 170 g/mol. The van der Waals surface area contributed by atoms with Gasteiger partial charge in [-0.1, -0.05) is 5.21 Å². The van der Waals surface area contributed by atoms with E-state index in [4.69, 9.17) is 4.74 Å². The average molecular weight is 183 g/mol. The standard InChI is InChI=1S/C8H13N3O2/c1-6-4-11(10-9-6)7-5-13-3-2-8(7)12/h4,7-8,12H,2-3,5H2,1H3/t7-,8?/m1/s1. The van der Waals surface area contributed by atoms with Gasteiger partial charge in [-0.3, -0.25) is 0 Å². The molecule has 0 amide bonds. The monoisotopic (exact) mass is 183 g/mol. The second-order valence-electron chi connectivity index (χ2n) is 3.34. The maximum atomic E-state index is 9.66. The molecule has 0 aliphatic carbocycles. The van der Waals surface area contributed by atoms with Crippen LogP contribution in [0.15, 0.2) is 6.20 Å². The van der Waals surface area contributed by atoms with Gasteiger partial charge in [0, 0.05) is 12.8 Å². The fourth-order valence-corrected chi connectivity index (χ4v) is 1.49. The first kappa shape index (κ1) is 8.65. The van der Waals surface area contributed by atoms with Crippen LogP contribution in [0.4, 0.5) is 0 Å². The summed E-state index contributed by atoms with van der Waals surface area (Å²) in [4.78, 5) is 0. The van der Waals surface area contributed by atoms with Crippen LogP contribution in [-0.4, -0.2) is 39.4 Å². The van der Waals surface area contributed by atoms with Crippen molar-refractivity contribution in [3.63, 3.8) is 0 Å². The van der Waals surface area contributed by atoms with Crippen molar-refractivity contribution in [2.45, 2.75) is 25.5 Å². The first-order chi connectivity index (χ1) is 6.27. The molecule has 0 spiro atoms. The van der Waals surface area contributed by atoms with Crippen LogP contribution in [0.2, 0.25) is 0 Å². The van der Waals surface area contributed by atoms with Gasteiger partial charge in [-0.25, -0.2) is 4.68 Å². The number of aromatic nitrogens is 3. The SMILES string of the molecule is Cc1cn([C@@H]2COCCC2O)nn1. The van der Waals surface area contributed by atoms with E-state index in [2.05, 4.69) is 10.3 Å². The molecule has 0 bridgehead atoms. The lowest BCUT2D eigenvalue weighted by molar-refractivity contribution is -0.0335. The molecule has 0 saturated carbocycles. The van der Waals surface area contributed by atoms with Gasteiger partial charge in [0.2, 0.25) is 0 Å².